The summed E-state index contributed by atoms with van der Waals surface area (Å²) in [5.41, 5.74) is -0.880. The zero-order valence-electron chi connectivity index (χ0n) is 20.4. The Morgan fingerprint density at radius 3 is 2.66 bits per heavy atom. The van der Waals surface area contributed by atoms with E-state index in [0.717, 1.165) is 38.5 Å². The quantitative estimate of drug-likeness (QED) is 0.181. The van der Waals surface area contributed by atoms with Gasteiger partial charge < -0.3 is 14.2 Å². The van der Waals surface area contributed by atoms with Gasteiger partial charge in [0, 0.05) is 12.8 Å². The monoisotopic (exact) mass is 444 g/mol. The van der Waals surface area contributed by atoms with Gasteiger partial charge in [-0.15, -0.1) is 11.8 Å². The molecule has 0 N–H and O–H groups in total. The smallest absolute Gasteiger partial charge is 0.316 e. The van der Waals surface area contributed by atoms with Gasteiger partial charge in [0.1, 0.15) is 0 Å². The van der Waals surface area contributed by atoms with Crippen molar-refractivity contribution < 1.29 is 23.8 Å². The van der Waals surface area contributed by atoms with E-state index in [-0.39, 0.29) is 29.9 Å². The predicted octanol–water partition coefficient (Wildman–Crippen LogP) is 5.53. The number of carbonyl (C=O) groups is 2. The lowest BCUT2D eigenvalue weighted by atomic mass is 9.64. The maximum absolute atomic E-state index is 13.2. The predicted molar refractivity (Wildman–Crippen MR) is 126 cm³/mol. The summed E-state index contributed by atoms with van der Waals surface area (Å²) in [6, 6.07) is 0. The van der Waals surface area contributed by atoms with Gasteiger partial charge in [0.15, 0.2) is 11.6 Å². The first-order valence-corrected chi connectivity index (χ1v) is 11.9. The molecule has 32 heavy (non-hydrogen) atoms. The fourth-order valence-electron chi connectivity index (χ4n) is 4.97. The van der Waals surface area contributed by atoms with E-state index in [1.54, 1.807) is 12.2 Å². The summed E-state index contributed by atoms with van der Waals surface area (Å²) in [7, 11) is 1.42. The van der Waals surface area contributed by atoms with Crippen LogP contribution in [0.3, 0.4) is 0 Å². The zero-order chi connectivity index (χ0) is 23.6. The Labute approximate surface area is 193 Å². The molecule has 5 nitrogen and oxygen atoms in total. The van der Waals surface area contributed by atoms with Crippen LogP contribution in [-0.2, 0) is 23.8 Å². The first kappa shape index (κ1) is 26.4. The van der Waals surface area contributed by atoms with Gasteiger partial charge in [-0.25, -0.2) is 0 Å². The fourth-order valence-corrected chi connectivity index (χ4v) is 4.97. The molecule has 0 radical (unpaired) electrons. The molecule has 1 aliphatic carbocycles. The van der Waals surface area contributed by atoms with Crippen LogP contribution >= 0.6 is 0 Å². The van der Waals surface area contributed by atoms with E-state index in [0.29, 0.717) is 19.3 Å². The highest BCUT2D eigenvalue weighted by molar-refractivity contribution is 5.94. The molecule has 1 aliphatic heterocycles. The largest absolute Gasteiger partial charge is 0.468 e. The van der Waals surface area contributed by atoms with Crippen LogP contribution < -0.4 is 0 Å². The summed E-state index contributed by atoms with van der Waals surface area (Å²) in [5, 5.41) is 0. The Morgan fingerprint density at radius 1 is 1.22 bits per heavy atom. The highest BCUT2D eigenvalue weighted by Crippen LogP contribution is 2.47. The Kier molecular flexibility index (Phi) is 10.2. The van der Waals surface area contributed by atoms with Crippen molar-refractivity contribution in [3.05, 3.63) is 24.3 Å². The number of esters is 1. The van der Waals surface area contributed by atoms with Crippen molar-refractivity contribution in [2.24, 2.45) is 11.3 Å². The van der Waals surface area contributed by atoms with E-state index >= 15 is 0 Å². The van der Waals surface area contributed by atoms with Gasteiger partial charge in [-0.2, -0.15) is 0 Å². The number of methoxy groups -OCH3 is 1. The molecule has 0 aromatic heterocycles. The zero-order valence-corrected chi connectivity index (χ0v) is 20.4. The Balaban J connectivity index is 2.22. The number of rotatable bonds is 11. The van der Waals surface area contributed by atoms with Crippen molar-refractivity contribution >= 4 is 11.8 Å². The topological polar surface area (TPSA) is 61.8 Å². The van der Waals surface area contributed by atoms with Crippen LogP contribution in [0.5, 0.6) is 0 Å². The number of hydrogen-bond donors (Lipinski definition) is 0. The van der Waals surface area contributed by atoms with Crippen molar-refractivity contribution in [3.63, 3.8) is 0 Å². The van der Waals surface area contributed by atoms with E-state index in [2.05, 4.69) is 24.0 Å². The molecule has 0 aromatic carbocycles. The summed E-state index contributed by atoms with van der Waals surface area (Å²) < 4.78 is 17.7. The molecule has 2 unspecified atom stereocenters. The average Bonchev–Trinajstić information content (AvgIpc) is 3.04. The third kappa shape index (κ3) is 7.05. The molecule has 0 aromatic rings. The molecular formula is C27H40O5. The number of allylic oxidation sites excluding steroid dienone is 3. The normalized spacial score (nSPS) is 29.2. The van der Waals surface area contributed by atoms with Crippen LogP contribution in [0, 0.1) is 23.2 Å². The fraction of sp³-hybridized carbons (Fsp3) is 0.704. The number of carbonyl (C=O) groups excluding carboxylic acids is 2. The maximum Gasteiger partial charge on any atom is 0.316 e. The number of ether oxygens (including phenoxy) is 3. The van der Waals surface area contributed by atoms with E-state index in [4.69, 9.17) is 14.2 Å². The molecule has 178 valence electrons. The molecule has 4 atom stereocenters. The Bertz CT molecular complexity index is 754. The second-order valence-corrected chi connectivity index (χ2v) is 9.32. The van der Waals surface area contributed by atoms with Crippen LogP contribution in [0.1, 0.15) is 85.5 Å². The molecule has 2 rings (SSSR count). The Morgan fingerprint density at radius 2 is 1.97 bits per heavy atom. The summed E-state index contributed by atoms with van der Waals surface area (Å²) in [4.78, 5) is 25.5. The van der Waals surface area contributed by atoms with Gasteiger partial charge in [-0.1, -0.05) is 31.1 Å². The summed E-state index contributed by atoms with van der Waals surface area (Å²) in [5.74, 6) is 4.98. The Hall–Kier alpha value is -1.90. The minimum absolute atomic E-state index is 0.0714. The van der Waals surface area contributed by atoms with Gasteiger partial charge in [-0.3, -0.25) is 9.59 Å². The van der Waals surface area contributed by atoms with Crippen LogP contribution in [0.15, 0.2) is 24.3 Å². The summed E-state index contributed by atoms with van der Waals surface area (Å²) in [6.45, 7) is 7.66. The average molecular weight is 445 g/mol. The highest BCUT2D eigenvalue weighted by Gasteiger charge is 2.52. The van der Waals surface area contributed by atoms with Crippen LogP contribution in [-0.4, -0.2) is 36.9 Å². The van der Waals surface area contributed by atoms with Crippen molar-refractivity contribution in [3.8, 4) is 11.8 Å². The summed E-state index contributed by atoms with van der Waals surface area (Å²) >= 11 is 0. The summed E-state index contributed by atoms with van der Waals surface area (Å²) in [6.07, 6.45) is 14.5. The third-order valence-electron chi connectivity index (χ3n) is 6.52. The maximum atomic E-state index is 13.2. The van der Waals surface area contributed by atoms with Gasteiger partial charge in [-0.05, 0) is 71.8 Å². The minimum Gasteiger partial charge on any atom is -0.468 e. The number of ketones is 1. The van der Waals surface area contributed by atoms with Crippen molar-refractivity contribution in [1.82, 2.24) is 0 Å². The van der Waals surface area contributed by atoms with Crippen molar-refractivity contribution in [1.29, 1.82) is 0 Å². The van der Waals surface area contributed by atoms with E-state index in [1.807, 2.05) is 27.7 Å². The lowest BCUT2D eigenvalue weighted by molar-refractivity contribution is -0.162. The van der Waals surface area contributed by atoms with Gasteiger partial charge >= 0.3 is 5.97 Å². The molecule has 2 aliphatic rings. The second kappa shape index (κ2) is 12.4. The van der Waals surface area contributed by atoms with E-state index in [1.165, 1.54) is 7.11 Å². The standard InChI is InChI=1S/C27H40O5/c1-6-8-10-11-12-14-15-21-19-22(28)17-18-27(21,25(29)30-5)20-24-23(16-13-9-7-2)31-26(3,4)32-24/h6,8,17-18,21,23-24H,10-16,19-20H2,1-5H3/b8-6+/t21?,23-,24-,27?/m0/s1. The lowest BCUT2D eigenvalue weighted by Gasteiger charge is -2.40. The molecule has 0 spiro atoms. The highest BCUT2D eigenvalue weighted by atomic mass is 16.7. The molecule has 1 heterocycles. The SMILES string of the molecule is CC#CCC[C@@H]1OC(C)(C)O[C@H]1CC1(C(=O)OC)C=CC(=O)CC1CCCCC/C=C/C. The molecule has 1 fully saturated rings. The molecule has 5 heteroatoms. The van der Waals surface area contributed by atoms with Crippen molar-refractivity contribution in [2.45, 2.75) is 103 Å². The van der Waals surface area contributed by atoms with Crippen molar-refractivity contribution in [2.75, 3.05) is 7.11 Å². The molecule has 0 saturated carbocycles. The van der Waals surface area contributed by atoms with Gasteiger partial charge in [0.05, 0.1) is 24.7 Å². The number of unbranched alkanes of at least 4 members (excludes halogenated alkanes) is 3. The van der Waals surface area contributed by atoms with E-state index < -0.39 is 11.2 Å². The van der Waals surface area contributed by atoms with Gasteiger partial charge in [0.2, 0.25) is 0 Å². The first-order chi connectivity index (χ1) is 15.3. The van der Waals surface area contributed by atoms with Crippen LogP contribution in [0.2, 0.25) is 0 Å². The third-order valence-corrected chi connectivity index (χ3v) is 6.52. The lowest BCUT2D eigenvalue weighted by Crippen LogP contribution is -2.45. The molecule has 0 amide bonds. The minimum atomic E-state index is -0.880. The first-order valence-electron chi connectivity index (χ1n) is 11.9. The van der Waals surface area contributed by atoms with Crippen LogP contribution in [0.25, 0.3) is 0 Å². The van der Waals surface area contributed by atoms with E-state index in [9.17, 15) is 9.59 Å². The molecule has 0 bridgehead atoms. The van der Waals surface area contributed by atoms with Crippen LogP contribution in [0.4, 0.5) is 0 Å². The molecular weight excluding hydrogens is 404 g/mol. The van der Waals surface area contributed by atoms with Gasteiger partial charge in [0.25, 0.3) is 0 Å². The molecule has 1 saturated heterocycles. The second-order valence-electron chi connectivity index (χ2n) is 9.32. The number of hydrogen-bond acceptors (Lipinski definition) is 5.